The number of hydrogen-bond acceptors (Lipinski definition) is 5. The van der Waals surface area contributed by atoms with Gasteiger partial charge in [-0.3, -0.25) is 14.7 Å². The molecule has 0 spiro atoms. The standard InChI is InChI=1S/C33H34N3O3S.HI/c1-36(19-11-12-20-36)22-27-23-40-32-28(34-21-24-13-5-2-6-14-24)31(37)35(32)29(27)33(38)39-30(25-15-7-3-8-16-25)26-17-9-4-10-18-26;/h2-10,13-18,21,28,30,32H,11-12,19-20,22-23H2,1H3;1H/q+1;/p-1/t28-,32-;/m1./s1. The van der Waals surface area contributed by atoms with Gasteiger partial charge in [0, 0.05) is 30.4 Å². The van der Waals surface area contributed by atoms with E-state index in [1.807, 2.05) is 91.0 Å². The molecular weight excluding hydrogens is 645 g/mol. The van der Waals surface area contributed by atoms with Gasteiger partial charge in [-0.1, -0.05) is 91.0 Å². The minimum atomic E-state index is -0.573. The van der Waals surface area contributed by atoms with Crippen molar-refractivity contribution in [2.24, 2.45) is 4.99 Å². The van der Waals surface area contributed by atoms with Crippen LogP contribution in [0.25, 0.3) is 0 Å². The first-order chi connectivity index (χ1) is 19.5. The van der Waals surface area contributed by atoms with Crippen LogP contribution in [-0.2, 0) is 14.3 Å². The molecule has 0 unspecified atom stereocenters. The molecule has 8 heteroatoms. The number of thioether (sulfide) groups is 1. The smallest absolute Gasteiger partial charge is 0.356 e. The summed E-state index contributed by atoms with van der Waals surface area (Å²) in [6.45, 7) is 2.90. The average molecular weight is 680 g/mol. The number of halogens is 1. The number of quaternary nitrogens is 1. The Morgan fingerprint density at radius 2 is 1.54 bits per heavy atom. The van der Waals surface area contributed by atoms with Gasteiger partial charge in [0.15, 0.2) is 12.1 Å². The van der Waals surface area contributed by atoms with Gasteiger partial charge in [-0.2, -0.15) is 0 Å². The molecule has 6 rings (SSSR count). The summed E-state index contributed by atoms with van der Waals surface area (Å²) in [5, 5.41) is -0.213. The molecule has 0 bridgehead atoms. The van der Waals surface area contributed by atoms with Crippen molar-refractivity contribution in [3.63, 3.8) is 0 Å². The van der Waals surface area contributed by atoms with Crippen LogP contribution in [0.15, 0.2) is 107 Å². The molecule has 3 aliphatic heterocycles. The van der Waals surface area contributed by atoms with Crippen LogP contribution >= 0.6 is 11.8 Å². The number of hydrogen-bond donors (Lipinski definition) is 0. The van der Waals surface area contributed by atoms with Crippen molar-refractivity contribution in [3.8, 4) is 0 Å². The molecule has 0 radical (unpaired) electrons. The zero-order valence-corrected chi connectivity index (χ0v) is 26.0. The number of esters is 1. The third-order valence-electron chi connectivity index (χ3n) is 8.04. The minimum absolute atomic E-state index is 0. The number of carbonyl (C=O) groups is 2. The number of fused-ring (bicyclic) bond motifs is 1. The summed E-state index contributed by atoms with van der Waals surface area (Å²) >= 11 is 1.70. The predicted octanol–water partition coefficient (Wildman–Crippen LogP) is 2.22. The van der Waals surface area contributed by atoms with Crippen LogP contribution in [0.5, 0.6) is 0 Å². The number of carbonyl (C=O) groups excluding carboxylic acids is 2. The highest BCUT2D eigenvalue weighted by molar-refractivity contribution is 8.00. The number of rotatable bonds is 8. The Hall–Kier alpha value is -2.95. The van der Waals surface area contributed by atoms with Crippen LogP contribution in [-0.4, -0.2) is 71.3 Å². The van der Waals surface area contributed by atoms with Gasteiger partial charge in [-0.15, -0.1) is 11.8 Å². The fraction of sp³-hybridized carbons (Fsp3) is 0.303. The summed E-state index contributed by atoms with van der Waals surface area (Å²) in [5.41, 5.74) is 4.15. The Morgan fingerprint density at radius 3 is 2.12 bits per heavy atom. The number of amides is 1. The Morgan fingerprint density at radius 1 is 0.976 bits per heavy atom. The highest BCUT2D eigenvalue weighted by Crippen LogP contribution is 2.43. The molecule has 3 heterocycles. The molecule has 0 aromatic heterocycles. The van der Waals surface area contributed by atoms with E-state index in [4.69, 9.17) is 4.74 Å². The van der Waals surface area contributed by atoms with Gasteiger partial charge < -0.3 is 33.2 Å². The van der Waals surface area contributed by atoms with E-state index in [-0.39, 0.29) is 35.3 Å². The fourth-order valence-corrected chi connectivity index (χ4v) is 7.27. The van der Waals surface area contributed by atoms with Crippen molar-refractivity contribution in [3.05, 3.63) is 119 Å². The largest absolute Gasteiger partial charge is 1.00 e. The first kappa shape index (κ1) is 29.5. The lowest BCUT2D eigenvalue weighted by Gasteiger charge is -2.48. The van der Waals surface area contributed by atoms with Crippen molar-refractivity contribution < 1.29 is 42.8 Å². The minimum Gasteiger partial charge on any atom is -1.00 e. The van der Waals surface area contributed by atoms with Crippen LogP contribution in [0.4, 0.5) is 0 Å². The zero-order valence-electron chi connectivity index (χ0n) is 23.1. The number of β-lactam (4-membered cyclic amide) rings is 1. The normalized spacial score (nSPS) is 21.4. The molecule has 1 amide bonds. The summed E-state index contributed by atoms with van der Waals surface area (Å²) < 4.78 is 7.19. The van der Waals surface area contributed by atoms with E-state index in [0.717, 1.165) is 46.4 Å². The molecule has 2 saturated heterocycles. The predicted molar refractivity (Wildman–Crippen MR) is 159 cm³/mol. The van der Waals surface area contributed by atoms with Crippen LogP contribution in [0.2, 0.25) is 0 Å². The van der Waals surface area contributed by atoms with E-state index in [1.54, 1.807) is 22.9 Å². The highest BCUT2D eigenvalue weighted by Gasteiger charge is 2.54. The van der Waals surface area contributed by atoms with Gasteiger partial charge in [-0.05, 0) is 16.7 Å². The number of nitrogens with zero attached hydrogens (tertiary/aromatic N) is 3. The van der Waals surface area contributed by atoms with Crippen LogP contribution < -0.4 is 24.0 Å². The molecule has 0 saturated carbocycles. The lowest BCUT2D eigenvalue weighted by atomic mass is 10.0. The van der Waals surface area contributed by atoms with Gasteiger partial charge in [0.2, 0.25) is 0 Å². The summed E-state index contributed by atoms with van der Waals surface area (Å²) in [4.78, 5) is 34.0. The molecule has 3 aliphatic rings. The van der Waals surface area contributed by atoms with Crippen molar-refractivity contribution in [1.82, 2.24) is 4.90 Å². The second-order valence-electron chi connectivity index (χ2n) is 11.0. The second-order valence-corrected chi connectivity index (χ2v) is 12.1. The summed E-state index contributed by atoms with van der Waals surface area (Å²) in [6.07, 6.45) is 3.55. The fourth-order valence-electron chi connectivity index (χ4n) is 5.95. The van der Waals surface area contributed by atoms with Crippen molar-refractivity contribution in [2.45, 2.75) is 30.4 Å². The third-order valence-corrected chi connectivity index (χ3v) is 9.37. The monoisotopic (exact) mass is 679 g/mol. The molecule has 41 heavy (non-hydrogen) atoms. The lowest BCUT2D eigenvalue weighted by Crippen LogP contribution is -3.00. The van der Waals surface area contributed by atoms with Gasteiger partial charge in [0.1, 0.15) is 17.6 Å². The number of aliphatic imine (C=N–C) groups is 1. The molecule has 6 nitrogen and oxygen atoms in total. The SMILES string of the molecule is C[N+]1(CC2=C(C(=O)OC(c3ccccc3)c3ccccc3)N3C(=O)[C@@H](N=Cc4ccccc4)[C@H]3SC2)CCCC1.[I-]. The van der Waals surface area contributed by atoms with Crippen molar-refractivity contribution >= 4 is 29.9 Å². The topological polar surface area (TPSA) is 59.0 Å². The van der Waals surface area contributed by atoms with E-state index in [1.165, 1.54) is 12.8 Å². The van der Waals surface area contributed by atoms with Crippen LogP contribution in [0, 0.1) is 0 Å². The van der Waals surface area contributed by atoms with E-state index in [9.17, 15) is 9.59 Å². The molecule has 0 N–H and O–H groups in total. The summed E-state index contributed by atoms with van der Waals surface area (Å²) in [6, 6.07) is 28.9. The number of benzene rings is 3. The maximum atomic E-state index is 14.1. The lowest BCUT2D eigenvalue weighted by molar-refractivity contribution is -0.893. The van der Waals surface area contributed by atoms with Crippen LogP contribution in [0.3, 0.4) is 0 Å². The second kappa shape index (κ2) is 12.9. The van der Waals surface area contributed by atoms with Gasteiger partial charge in [0.25, 0.3) is 5.91 Å². The summed E-state index contributed by atoms with van der Waals surface area (Å²) in [5.74, 6) is 0.0994. The van der Waals surface area contributed by atoms with Crippen LogP contribution in [0.1, 0.15) is 35.6 Å². The molecule has 3 aromatic rings. The quantitative estimate of drug-likeness (QED) is 0.121. The first-order valence-corrected chi connectivity index (χ1v) is 15.0. The van der Waals surface area contributed by atoms with Gasteiger partial charge in [-0.25, -0.2) is 4.79 Å². The number of likely N-dealkylation sites (tertiary alicyclic amines) is 1. The Kier molecular flexibility index (Phi) is 9.31. The van der Waals surface area contributed by atoms with E-state index in [2.05, 4.69) is 12.0 Å². The Labute approximate surface area is 263 Å². The first-order valence-electron chi connectivity index (χ1n) is 13.9. The number of ether oxygens (including phenoxy) is 1. The molecule has 3 aromatic carbocycles. The summed E-state index contributed by atoms with van der Waals surface area (Å²) in [7, 11) is 2.25. The molecular formula is C33H34IN3O3S. The van der Waals surface area contributed by atoms with E-state index in [0.29, 0.717) is 11.4 Å². The third kappa shape index (κ3) is 6.29. The molecule has 212 valence electrons. The zero-order chi connectivity index (χ0) is 27.5. The van der Waals surface area contributed by atoms with Crippen molar-refractivity contribution in [2.75, 3.05) is 32.4 Å². The molecule has 2 fully saturated rings. The van der Waals surface area contributed by atoms with Gasteiger partial charge >= 0.3 is 5.97 Å². The molecule has 2 atom stereocenters. The maximum Gasteiger partial charge on any atom is 0.356 e. The average Bonchev–Trinajstić information content (AvgIpc) is 3.43. The van der Waals surface area contributed by atoms with Gasteiger partial charge in [0.05, 0.1) is 20.1 Å². The Balaban J connectivity index is 0.00000337. The highest BCUT2D eigenvalue weighted by atomic mass is 127. The van der Waals surface area contributed by atoms with E-state index < -0.39 is 18.1 Å². The Bertz CT molecular complexity index is 1390. The van der Waals surface area contributed by atoms with E-state index >= 15 is 0 Å². The number of likely N-dealkylation sites (N-methyl/N-ethyl adjacent to an activating group) is 1. The maximum absolute atomic E-state index is 14.1. The molecule has 0 aliphatic carbocycles. The van der Waals surface area contributed by atoms with Crippen molar-refractivity contribution in [1.29, 1.82) is 0 Å².